The van der Waals surface area contributed by atoms with Gasteiger partial charge in [-0.1, -0.05) is 19.8 Å². The highest BCUT2D eigenvalue weighted by atomic mass is 15.1. The Morgan fingerprint density at radius 1 is 0.944 bits per heavy atom. The van der Waals surface area contributed by atoms with Crippen molar-refractivity contribution in [2.24, 2.45) is 4.99 Å². The van der Waals surface area contributed by atoms with Gasteiger partial charge in [-0.05, 0) is 62.8 Å². The minimum Gasteiger partial charge on any atom is -0.217 e. The molecule has 0 aromatic rings. The van der Waals surface area contributed by atoms with Gasteiger partial charge in [0.1, 0.15) is 6.04 Å². The average molecular weight is 249 g/mol. The molecule has 0 aromatic heterocycles. The largest absolute Gasteiger partial charge is 0.306 e. The van der Waals surface area contributed by atoms with Crippen molar-refractivity contribution in [1.29, 1.82) is 0 Å². The Kier molecular flexibility index (Phi) is 5.93. The van der Waals surface area contributed by atoms with Crippen LogP contribution in [0.5, 0.6) is 0 Å². The standard InChI is InChI=1S/C16H29N2/c1-2-13-18(16-11-7-4-8-12-16)14-17-15-9-5-3-6-10-15/h15-16H,2-13H2,1H3/q+1. The molecule has 0 radical (unpaired) electrons. The molecule has 18 heavy (non-hydrogen) atoms. The number of rotatable bonds is 4. The Balaban J connectivity index is 1.99. The van der Waals surface area contributed by atoms with Crippen LogP contribution < -0.4 is 0 Å². The lowest BCUT2D eigenvalue weighted by Gasteiger charge is -2.20. The Labute approximate surface area is 112 Å². The lowest BCUT2D eigenvalue weighted by molar-refractivity contribution is -0.564. The fraction of sp³-hybridized carbons (Fsp3) is 0.938. The van der Waals surface area contributed by atoms with Gasteiger partial charge in [0.25, 0.3) is 0 Å². The Morgan fingerprint density at radius 3 is 2.17 bits per heavy atom. The SMILES string of the molecule is CCC[N+](=C=NC1CCCCC1)C1CCCCC1. The molecular formula is C16H29N2+. The number of hydrogen-bond acceptors (Lipinski definition) is 1. The molecule has 0 N–H and O–H groups in total. The summed E-state index contributed by atoms with van der Waals surface area (Å²) >= 11 is 0. The second-order valence-electron chi connectivity index (χ2n) is 6.01. The Hall–Kier alpha value is -0.620. The summed E-state index contributed by atoms with van der Waals surface area (Å²) < 4.78 is 2.42. The molecule has 0 saturated heterocycles. The van der Waals surface area contributed by atoms with Crippen LogP contribution in [0.15, 0.2) is 4.99 Å². The van der Waals surface area contributed by atoms with E-state index in [1.807, 2.05) is 0 Å². The predicted octanol–water partition coefficient (Wildman–Crippen LogP) is 4.25. The van der Waals surface area contributed by atoms with E-state index in [2.05, 4.69) is 17.5 Å². The fourth-order valence-electron chi connectivity index (χ4n) is 3.31. The molecule has 0 spiro atoms. The normalized spacial score (nSPS) is 22.5. The van der Waals surface area contributed by atoms with Crippen LogP contribution in [0.2, 0.25) is 0 Å². The lowest BCUT2D eigenvalue weighted by atomic mass is 9.95. The van der Waals surface area contributed by atoms with Crippen LogP contribution in [0.4, 0.5) is 0 Å². The summed E-state index contributed by atoms with van der Waals surface area (Å²) in [5, 5.41) is 0. The van der Waals surface area contributed by atoms with Crippen molar-refractivity contribution >= 4 is 6.01 Å². The maximum absolute atomic E-state index is 4.75. The van der Waals surface area contributed by atoms with Crippen molar-refractivity contribution in [3.05, 3.63) is 0 Å². The second-order valence-corrected chi connectivity index (χ2v) is 6.01. The van der Waals surface area contributed by atoms with E-state index < -0.39 is 0 Å². The van der Waals surface area contributed by atoms with Crippen molar-refractivity contribution in [2.45, 2.75) is 89.6 Å². The number of aliphatic imine (C=N–C) groups is 1. The first-order valence-corrected chi connectivity index (χ1v) is 8.12. The van der Waals surface area contributed by atoms with E-state index in [1.165, 1.54) is 70.6 Å². The first-order chi connectivity index (χ1) is 8.90. The summed E-state index contributed by atoms with van der Waals surface area (Å²) in [6, 6.07) is 4.72. The van der Waals surface area contributed by atoms with Crippen molar-refractivity contribution in [2.75, 3.05) is 6.54 Å². The zero-order valence-electron chi connectivity index (χ0n) is 12.0. The molecule has 2 saturated carbocycles. The van der Waals surface area contributed by atoms with Crippen molar-refractivity contribution < 1.29 is 4.58 Å². The summed E-state index contributed by atoms with van der Waals surface area (Å²) in [6.45, 7) is 3.40. The van der Waals surface area contributed by atoms with Gasteiger partial charge in [0.15, 0.2) is 6.04 Å². The Bertz CT molecular complexity index is 290. The highest BCUT2D eigenvalue weighted by Crippen LogP contribution is 2.21. The van der Waals surface area contributed by atoms with Gasteiger partial charge in [-0.2, -0.15) is 0 Å². The van der Waals surface area contributed by atoms with Crippen molar-refractivity contribution in [3.8, 4) is 0 Å². The molecule has 102 valence electrons. The molecule has 2 fully saturated rings. The molecule has 2 aliphatic rings. The molecule has 2 nitrogen and oxygen atoms in total. The smallest absolute Gasteiger partial charge is 0.217 e. The molecule has 2 heteroatoms. The van der Waals surface area contributed by atoms with Gasteiger partial charge in [0.2, 0.25) is 0 Å². The third-order valence-corrected chi connectivity index (χ3v) is 4.42. The zero-order valence-corrected chi connectivity index (χ0v) is 12.0. The molecule has 2 rings (SSSR count). The molecule has 0 unspecified atom stereocenters. The fourth-order valence-corrected chi connectivity index (χ4v) is 3.31. The van der Waals surface area contributed by atoms with E-state index in [4.69, 9.17) is 4.99 Å². The van der Waals surface area contributed by atoms with Crippen LogP contribution in [-0.2, 0) is 0 Å². The van der Waals surface area contributed by atoms with Crippen LogP contribution in [0.1, 0.15) is 77.6 Å². The maximum atomic E-state index is 4.75. The van der Waals surface area contributed by atoms with Crippen LogP contribution in [0.3, 0.4) is 0 Å². The predicted molar refractivity (Wildman–Crippen MR) is 76.6 cm³/mol. The van der Waals surface area contributed by atoms with Gasteiger partial charge in [-0.25, -0.2) is 4.58 Å². The van der Waals surface area contributed by atoms with E-state index in [0.717, 1.165) is 12.6 Å². The summed E-state index contributed by atoms with van der Waals surface area (Å²) in [4.78, 5) is 4.75. The average Bonchev–Trinajstić information content (AvgIpc) is 2.45. The van der Waals surface area contributed by atoms with Crippen LogP contribution in [0.25, 0.3) is 0 Å². The molecule has 0 atom stereocenters. The van der Waals surface area contributed by atoms with Crippen LogP contribution >= 0.6 is 0 Å². The molecule has 0 heterocycles. The van der Waals surface area contributed by atoms with Gasteiger partial charge in [0, 0.05) is 0 Å². The number of nitrogens with zero attached hydrogens (tertiary/aromatic N) is 2. The molecule has 0 aliphatic heterocycles. The molecular weight excluding hydrogens is 220 g/mol. The van der Waals surface area contributed by atoms with Gasteiger partial charge < -0.3 is 0 Å². The van der Waals surface area contributed by atoms with Gasteiger partial charge >= 0.3 is 6.01 Å². The van der Waals surface area contributed by atoms with E-state index in [9.17, 15) is 0 Å². The van der Waals surface area contributed by atoms with E-state index >= 15 is 0 Å². The Morgan fingerprint density at radius 2 is 1.56 bits per heavy atom. The van der Waals surface area contributed by atoms with E-state index in [-0.39, 0.29) is 0 Å². The molecule has 0 bridgehead atoms. The van der Waals surface area contributed by atoms with Gasteiger partial charge in [0.05, 0.1) is 6.54 Å². The monoisotopic (exact) mass is 249 g/mol. The first-order valence-electron chi connectivity index (χ1n) is 8.12. The molecule has 2 aliphatic carbocycles. The minimum absolute atomic E-state index is 0.571. The molecule has 0 amide bonds. The third kappa shape index (κ3) is 4.24. The summed E-state index contributed by atoms with van der Waals surface area (Å²) in [6.07, 6.45) is 14.9. The second kappa shape index (κ2) is 7.74. The van der Waals surface area contributed by atoms with Crippen molar-refractivity contribution in [3.63, 3.8) is 0 Å². The lowest BCUT2D eigenvalue weighted by Crippen LogP contribution is -2.29. The quantitative estimate of drug-likeness (QED) is 0.523. The highest BCUT2D eigenvalue weighted by Gasteiger charge is 2.21. The third-order valence-electron chi connectivity index (χ3n) is 4.42. The number of hydrogen-bond donors (Lipinski definition) is 0. The topological polar surface area (TPSA) is 15.4 Å². The zero-order chi connectivity index (χ0) is 12.6. The van der Waals surface area contributed by atoms with Crippen LogP contribution in [0, 0.1) is 0 Å². The first kappa shape index (κ1) is 13.8. The maximum Gasteiger partial charge on any atom is 0.306 e. The highest BCUT2D eigenvalue weighted by molar-refractivity contribution is 5.35. The molecule has 0 aromatic carbocycles. The minimum atomic E-state index is 0.571. The van der Waals surface area contributed by atoms with Crippen LogP contribution in [-0.4, -0.2) is 29.2 Å². The summed E-state index contributed by atoms with van der Waals surface area (Å²) in [7, 11) is 0. The van der Waals surface area contributed by atoms with Gasteiger partial charge in [-0.15, -0.1) is 0 Å². The summed E-state index contributed by atoms with van der Waals surface area (Å²) in [5.41, 5.74) is 0. The van der Waals surface area contributed by atoms with E-state index in [0.29, 0.717) is 6.04 Å². The van der Waals surface area contributed by atoms with Gasteiger partial charge in [-0.3, -0.25) is 0 Å². The summed E-state index contributed by atoms with van der Waals surface area (Å²) in [5.74, 6) is 0. The van der Waals surface area contributed by atoms with E-state index in [1.54, 1.807) is 0 Å². The van der Waals surface area contributed by atoms with Crippen molar-refractivity contribution in [1.82, 2.24) is 0 Å².